The molecule has 0 bridgehead atoms. The molecule has 20 heavy (non-hydrogen) atoms. The normalized spacial score (nSPS) is 13.2. The second kappa shape index (κ2) is 6.02. The fourth-order valence-corrected chi connectivity index (χ4v) is 2.48. The lowest BCUT2D eigenvalue weighted by atomic mass is 9.89. The first kappa shape index (κ1) is 15.1. The number of halogens is 1. The molecule has 0 aliphatic carbocycles. The number of hydrogen-bond donors (Lipinski definition) is 1. The van der Waals surface area contributed by atoms with Gasteiger partial charge in [-0.3, -0.25) is 0 Å². The highest BCUT2D eigenvalue weighted by Gasteiger charge is 2.20. The van der Waals surface area contributed by atoms with Gasteiger partial charge in [0, 0.05) is 0 Å². The summed E-state index contributed by atoms with van der Waals surface area (Å²) in [6.45, 7) is 8.60. The molecule has 0 fully saturated rings. The van der Waals surface area contributed by atoms with Crippen LogP contribution in [0.4, 0.5) is 0 Å². The zero-order chi connectivity index (χ0) is 14.9. The molecule has 1 unspecified atom stereocenters. The highest BCUT2D eigenvalue weighted by molar-refractivity contribution is 6.28. The number of benzene rings is 1. The van der Waals surface area contributed by atoms with Gasteiger partial charge in [0.1, 0.15) is 11.9 Å². The quantitative estimate of drug-likeness (QED) is 0.833. The van der Waals surface area contributed by atoms with E-state index in [4.69, 9.17) is 16.0 Å². The highest BCUT2D eigenvalue weighted by Crippen LogP contribution is 2.33. The van der Waals surface area contributed by atoms with Gasteiger partial charge in [-0.05, 0) is 52.3 Å². The van der Waals surface area contributed by atoms with Crippen LogP contribution < -0.4 is 0 Å². The van der Waals surface area contributed by atoms with Crippen molar-refractivity contribution in [3.05, 3.63) is 58.0 Å². The molecule has 0 amide bonds. The fourth-order valence-electron chi connectivity index (χ4n) is 2.33. The Labute approximate surface area is 125 Å². The molecule has 1 aromatic heterocycles. The molecular formula is C17H21ClO2. The summed E-state index contributed by atoms with van der Waals surface area (Å²) in [5.74, 6) is 1.29. The summed E-state index contributed by atoms with van der Waals surface area (Å²) in [5.41, 5.74) is 3.31. The predicted molar refractivity (Wildman–Crippen MR) is 82.4 cm³/mol. The van der Waals surface area contributed by atoms with Crippen molar-refractivity contribution >= 4 is 11.6 Å². The van der Waals surface area contributed by atoms with Crippen molar-refractivity contribution in [1.29, 1.82) is 0 Å². The average Bonchev–Trinajstić information content (AvgIpc) is 2.83. The molecule has 0 spiro atoms. The first-order valence-corrected chi connectivity index (χ1v) is 7.35. The number of furan rings is 1. The molecule has 2 rings (SSSR count). The Balaban J connectivity index is 2.45. The van der Waals surface area contributed by atoms with Crippen molar-refractivity contribution in [3.8, 4) is 0 Å². The van der Waals surface area contributed by atoms with Gasteiger partial charge < -0.3 is 9.52 Å². The van der Waals surface area contributed by atoms with Crippen molar-refractivity contribution in [1.82, 2.24) is 0 Å². The molecule has 1 aromatic carbocycles. The Morgan fingerprint density at radius 2 is 1.65 bits per heavy atom. The second-order valence-corrected chi connectivity index (χ2v) is 6.11. The Kier molecular flexibility index (Phi) is 4.56. The molecule has 0 aliphatic heterocycles. The molecule has 0 radical (unpaired) electrons. The van der Waals surface area contributed by atoms with Crippen LogP contribution in [0.1, 0.15) is 68.1 Å². The van der Waals surface area contributed by atoms with Gasteiger partial charge in [-0.25, -0.2) is 0 Å². The summed E-state index contributed by atoms with van der Waals surface area (Å²) in [5, 5.41) is 10.8. The predicted octanol–water partition coefficient (Wildman–Crippen LogP) is 5.26. The Hall–Kier alpha value is -1.25. The van der Waals surface area contributed by atoms with E-state index in [2.05, 4.69) is 39.8 Å². The van der Waals surface area contributed by atoms with Gasteiger partial charge >= 0.3 is 0 Å². The summed E-state index contributed by atoms with van der Waals surface area (Å²) < 4.78 is 5.33. The Morgan fingerprint density at radius 1 is 0.950 bits per heavy atom. The van der Waals surface area contributed by atoms with Gasteiger partial charge in [0.25, 0.3) is 0 Å². The number of aliphatic hydroxyl groups excluding tert-OH is 1. The third-order valence-electron chi connectivity index (χ3n) is 3.56. The van der Waals surface area contributed by atoms with Crippen LogP contribution in [0.2, 0.25) is 5.22 Å². The van der Waals surface area contributed by atoms with Gasteiger partial charge in [-0.15, -0.1) is 0 Å². The van der Waals surface area contributed by atoms with Crippen molar-refractivity contribution in [2.24, 2.45) is 0 Å². The lowest BCUT2D eigenvalue weighted by Gasteiger charge is -2.19. The largest absolute Gasteiger partial charge is 0.447 e. The van der Waals surface area contributed by atoms with E-state index in [1.165, 1.54) is 5.56 Å². The standard InChI is InChI=1S/C17H21ClO2/c1-10(2)12-5-6-13(14(9-12)11(3)4)17(19)15-7-8-16(18)20-15/h5-11,17,19H,1-4H3. The van der Waals surface area contributed by atoms with Crippen LogP contribution in [0.25, 0.3) is 0 Å². The van der Waals surface area contributed by atoms with Gasteiger partial charge in [0.2, 0.25) is 0 Å². The maximum atomic E-state index is 10.5. The van der Waals surface area contributed by atoms with E-state index < -0.39 is 6.10 Å². The van der Waals surface area contributed by atoms with Crippen molar-refractivity contribution in [3.63, 3.8) is 0 Å². The molecule has 2 nitrogen and oxygen atoms in total. The van der Waals surface area contributed by atoms with Crippen LogP contribution in [-0.2, 0) is 0 Å². The van der Waals surface area contributed by atoms with Gasteiger partial charge in [-0.2, -0.15) is 0 Å². The molecule has 1 atom stereocenters. The monoisotopic (exact) mass is 292 g/mol. The maximum Gasteiger partial charge on any atom is 0.193 e. The zero-order valence-electron chi connectivity index (χ0n) is 12.4. The maximum absolute atomic E-state index is 10.5. The van der Waals surface area contributed by atoms with E-state index in [9.17, 15) is 5.11 Å². The van der Waals surface area contributed by atoms with E-state index in [1.807, 2.05) is 6.07 Å². The molecule has 108 valence electrons. The summed E-state index contributed by atoms with van der Waals surface area (Å²) in [4.78, 5) is 0. The van der Waals surface area contributed by atoms with Crippen LogP contribution in [0, 0.1) is 0 Å². The molecule has 3 heteroatoms. The molecule has 1 N–H and O–H groups in total. The van der Waals surface area contributed by atoms with Crippen LogP contribution in [0.3, 0.4) is 0 Å². The van der Waals surface area contributed by atoms with Crippen LogP contribution >= 0.6 is 11.6 Å². The Bertz CT molecular complexity index is 584. The van der Waals surface area contributed by atoms with Crippen LogP contribution in [0.15, 0.2) is 34.7 Å². The number of aliphatic hydroxyl groups is 1. The summed E-state index contributed by atoms with van der Waals surface area (Å²) in [7, 11) is 0. The molecular weight excluding hydrogens is 272 g/mol. The smallest absolute Gasteiger partial charge is 0.193 e. The molecule has 1 heterocycles. The second-order valence-electron chi connectivity index (χ2n) is 5.74. The van der Waals surface area contributed by atoms with Gasteiger partial charge in [-0.1, -0.05) is 45.9 Å². The molecule has 0 saturated heterocycles. The highest BCUT2D eigenvalue weighted by atomic mass is 35.5. The van der Waals surface area contributed by atoms with Crippen molar-refractivity contribution in [2.45, 2.75) is 45.6 Å². The van der Waals surface area contributed by atoms with E-state index in [0.717, 1.165) is 11.1 Å². The fraction of sp³-hybridized carbons (Fsp3) is 0.412. The molecule has 2 aromatic rings. The minimum absolute atomic E-state index is 0.295. The summed E-state index contributed by atoms with van der Waals surface area (Å²) >= 11 is 5.78. The molecule has 0 aliphatic rings. The van der Waals surface area contributed by atoms with E-state index >= 15 is 0 Å². The van der Waals surface area contributed by atoms with Crippen molar-refractivity contribution in [2.75, 3.05) is 0 Å². The van der Waals surface area contributed by atoms with Gasteiger partial charge in [0.05, 0.1) is 0 Å². The van der Waals surface area contributed by atoms with Crippen LogP contribution in [0.5, 0.6) is 0 Å². The van der Waals surface area contributed by atoms with Crippen LogP contribution in [-0.4, -0.2) is 5.11 Å². The number of rotatable bonds is 4. The van der Waals surface area contributed by atoms with Gasteiger partial charge in [0.15, 0.2) is 5.22 Å². The summed E-state index contributed by atoms with van der Waals surface area (Å²) in [6.07, 6.45) is -0.777. The zero-order valence-corrected chi connectivity index (χ0v) is 13.1. The average molecular weight is 293 g/mol. The topological polar surface area (TPSA) is 33.4 Å². The Morgan fingerprint density at radius 3 is 2.15 bits per heavy atom. The van der Waals surface area contributed by atoms with Crippen molar-refractivity contribution < 1.29 is 9.52 Å². The first-order chi connectivity index (χ1) is 9.40. The minimum Gasteiger partial charge on any atom is -0.447 e. The van der Waals surface area contributed by atoms with E-state index in [0.29, 0.717) is 22.8 Å². The molecule has 0 saturated carbocycles. The number of hydrogen-bond acceptors (Lipinski definition) is 2. The van der Waals surface area contributed by atoms with E-state index in [-0.39, 0.29) is 0 Å². The first-order valence-electron chi connectivity index (χ1n) is 6.97. The summed E-state index contributed by atoms with van der Waals surface area (Å²) in [6, 6.07) is 9.61. The SMILES string of the molecule is CC(C)c1ccc(C(O)c2ccc(Cl)o2)c(C(C)C)c1. The lowest BCUT2D eigenvalue weighted by molar-refractivity contribution is 0.188. The third-order valence-corrected chi connectivity index (χ3v) is 3.76. The third kappa shape index (κ3) is 3.08. The van der Waals surface area contributed by atoms with E-state index in [1.54, 1.807) is 12.1 Å². The minimum atomic E-state index is -0.777. The lowest BCUT2D eigenvalue weighted by Crippen LogP contribution is -2.05.